The highest BCUT2D eigenvalue weighted by Crippen LogP contribution is 2.43. The first-order valence-electron chi connectivity index (χ1n) is 14.0. The first-order valence-corrected chi connectivity index (χ1v) is 15.6. The van der Waals surface area contributed by atoms with Crippen molar-refractivity contribution in [1.82, 2.24) is 0 Å². The molecule has 2 heterocycles. The van der Waals surface area contributed by atoms with E-state index in [2.05, 4.69) is 109 Å². The van der Waals surface area contributed by atoms with Crippen LogP contribution in [0.3, 0.4) is 0 Å². The van der Waals surface area contributed by atoms with Crippen LogP contribution in [0.25, 0.3) is 73.7 Å². The van der Waals surface area contributed by atoms with E-state index in [1.807, 2.05) is 6.07 Å². The fraction of sp³-hybridized carbons (Fsp3) is 0. The summed E-state index contributed by atoms with van der Waals surface area (Å²) in [6.45, 7) is 0. The monoisotopic (exact) mass is 593 g/mol. The Morgan fingerprint density at radius 1 is 0.409 bits per heavy atom. The largest absolute Gasteiger partial charge is 0.192 e. The molecule has 44 heavy (non-hydrogen) atoms. The Balaban J connectivity index is 1.43. The van der Waals surface area contributed by atoms with Gasteiger partial charge in [0.15, 0.2) is 0 Å². The molecule has 0 aliphatic carbocycles. The van der Waals surface area contributed by atoms with E-state index in [4.69, 9.17) is 0 Å². The number of thiophene rings is 2. The summed E-state index contributed by atoms with van der Waals surface area (Å²) >= 11 is 3.54. The summed E-state index contributed by atoms with van der Waals surface area (Å²) in [7, 11) is 0. The molecule has 0 amide bonds. The summed E-state index contributed by atoms with van der Waals surface area (Å²) in [5.74, 6) is 0. The van der Waals surface area contributed by atoms with Crippen molar-refractivity contribution in [2.45, 2.75) is 0 Å². The Bertz CT molecular complexity index is 2600. The number of benzene rings is 6. The topological polar surface area (TPSA) is 71.4 Å². The molecule has 0 saturated carbocycles. The maximum Gasteiger partial charge on any atom is 0.100 e. The predicted octanol–water partition coefficient (Wildman–Crippen LogP) is 11.0. The van der Waals surface area contributed by atoms with E-state index in [1.165, 1.54) is 35.0 Å². The van der Waals surface area contributed by atoms with Crippen LogP contribution in [0.4, 0.5) is 0 Å². The van der Waals surface area contributed by atoms with E-state index < -0.39 is 0 Å². The second kappa shape index (κ2) is 10.2. The van der Waals surface area contributed by atoms with Crippen LogP contribution in [0, 0.1) is 34.0 Å². The summed E-state index contributed by atoms with van der Waals surface area (Å²) in [5, 5.41) is 35.0. The Morgan fingerprint density at radius 3 is 1.64 bits per heavy atom. The smallest absolute Gasteiger partial charge is 0.100 e. The normalized spacial score (nSPS) is 11.1. The van der Waals surface area contributed by atoms with Crippen molar-refractivity contribution in [3.8, 4) is 51.6 Å². The zero-order chi connectivity index (χ0) is 29.8. The van der Waals surface area contributed by atoms with Gasteiger partial charge in [0.25, 0.3) is 0 Å². The van der Waals surface area contributed by atoms with E-state index in [9.17, 15) is 15.8 Å². The van der Waals surface area contributed by atoms with Crippen molar-refractivity contribution in [2.75, 3.05) is 0 Å². The molecule has 8 rings (SSSR count). The van der Waals surface area contributed by atoms with E-state index >= 15 is 0 Å². The Kier molecular flexibility index (Phi) is 6.00. The molecular weight excluding hydrogens is 575 g/mol. The summed E-state index contributed by atoms with van der Waals surface area (Å²) in [5.41, 5.74) is 6.30. The number of nitrogens with zero attached hydrogens (tertiary/aromatic N) is 3. The van der Waals surface area contributed by atoms with Crippen molar-refractivity contribution < 1.29 is 0 Å². The lowest BCUT2D eigenvalue weighted by molar-refractivity contribution is 1.43. The van der Waals surface area contributed by atoms with Gasteiger partial charge in [0.05, 0.1) is 28.8 Å². The Labute approximate surface area is 261 Å². The summed E-state index contributed by atoms with van der Waals surface area (Å²) in [6.07, 6.45) is 0. The summed E-state index contributed by atoms with van der Waals surface area (Å²) < 4.78 is 4.88. The van der Waals surface area contributed by atoms with E-state index in [1.54, 1.807) is 40.9 Å². The number of rotatable bonds is 3. The maximum absolute atomic E-state index is 10.6. The van der Waals surface area contributed by atoms with Crippen LogP contribution < -0.4 is 0 Å². The van der Waals surface area contributed by atoms with E-state index in [0.717, 1.165) is 27.6 Å². The zero-order valence-corrected chi connectivity index (χ0v) is 24.8. The molecule has 0 radical (unpaired) electrons. The van der Waals surface area contributed by atoms with Gasteiger partial charge in [-0.15, -0.1) is 22.7 Å². The van der Waals surface area contributed by atoms with Gasteiger partial charge in [-0.25, -0.2) is 0 Å². The first-order chi connectivity index (χ1) is 21.6. The van der Waals surface area contributed by atoms with Crippen LogP contribution in [-0.4, -0.2) is 0 Å². The molecule has 0 N–H and O–H groups in total. The third-order valence-electron chi connectivity index (χ3n) is 8.21. The molecule has 2 aromatic heterocycles. The summed E-state index contributed by atoms with van der Waals surface area (Å²) in [4.78, 5) is 0. The van der Waals surface area contributed by atoms with Gasteiger partial charge in [0, 0.05) is 57.0 Å². The minimum atomic E-state index is 0.363. The van der Waals surface area contributed by atoms with Crippen LogP contribution >= 0.6 is 22.7 Å². The van der Waals surface area contributed by atoms with Gasteiger partial charge in [0.2, 0.25) is 0 Å². The highest BCUT2D eigenvalue weighted by molar-refractivity contribution is 7.26. The lowest BCUT2D eigenvalue weighted by atomic mass is 9.86. The number of hydrogen-bond donors (Lipinski definition) is 0. The molecule has 0 aliphatic rings. The lowest BCUT2D eigenvalue weighted by Crippen LogP contribution is -1.95. The average Bonchev–Trinajstić information content (AvgIpc) is 3.65. The van der Waals surface area contributed by atoms with Crippen LogP contribution in [0.5, 0.6) is 0 Å². The minimum Gasteiger partial charge on any atom is -0.192 e. The van der Waals surface area contributed by atoms with Gasteiger partial charge in [-0.2, -0.15) is 15.8 Å². The van der Waals surface area contributed by atoms with Crippen LogP contribution in [0.2, 0.25) is 0 Å². The molecule has 0 bridgehead atoms. The molecule has 0 saturated heterocycles. The first kappa shape index (κ1) is 25.9. The highest BCUT2D eigenvalue weighted by atomic mass is 32.1. The van der Waals surface area contributed by atoms with Gasteiger partial charge in [-0.1, -0.05) is 54.6 Å². The second-order valence-corrected chi connectivity index (χ2v) is 12.8. The van der Waals surface area contributed by atoms with Crippen LogP contribution in [0.1, 0.15) is 16.7 Å². The van der Waals surface area contributed by atoms with E-state index in [0.29, 0.717) is 27.8 Å². The number of nitriles is 3. The number of fused-ring (bicyclic) bond motifs is 6. The van der Waals surface area contributed by atoms with E-state index in [-0.39, 0.29) is 0 Å². The van der Waals surface area contributed by atoms with Crippen LogP contribution in [-0.2, 0) is 0 Å². The third kappa shape index (κ3) is 4.06. The molecular formula is C39H19N3S2. The zero-order valence-electron chi connectivity index (χ0n) is 23.1. The Morgan fingerprint density at radius 2 is 1.00 bits per heavy atom. The molecule has 8 aromatic rings. The quantitative estimate of drug-likeness (QED) is 0.205. The standard InChI is InChI=1S/C39H19N3S2/c40-20-23-9-12-28(27(15-23)21-41)32-19-26(24-10-13-38-33(16-24)29-5-1-3-7-36(29)43-38)18-31(35(32)22-42)25-11-14-39-34(17-25)30-6-2-4-8-37(30)44-39/h1-19H. The maximum atomic E-state index is 10.6. The fourth-order valence-corrected chi connectivity index (χ4v) is 8.28. The SMILES string of the molecule is N#Cc1ccc(-c2cc(-c3ccc4sc5ccccc5c4c3)cc(-c3ccc4sc5ccccc5c4c3)c2C#N)c(C#N)c1. The highest BCUT2D eigenvalue weighted by Gasteiger charge is 2.19. The van der Waals surface area contributed by atoms with Crippen molar-refractivity contribution in [1.29, 1.82) is 15.8 Å². The number of hydrogen-bond acceptors (Lipinski definition) is 5. The van der Waals surface area contributed by atoms with Crippen molar-refractivity contribution in [3.05, 3.63) is 132 Å². The predicted molar refractivity (Wildman–Crippen MR) is 183 cm³/mol. The van der Waals surface area contributed by atoms with Crippen molar-refractivity contribution in [3.63, 3.8) is 0 Å². The van der Waals surface area contributed by atoms with Crippen LogP contribution in [0.15, 0.2) is 115 Å². The molecule has 0 spiro atoms. The average molecular weight is 594 g/mol. The molecule has 0 aliphatic heterocycles. The van der Waals surface area contributed by atoms with Gasteiger partial charge in [-0.3, -0.25) is 0 Å². The molecule has 202 valence electrons. The van der Waals surface area contributed by atoms with Crippen molar-refractivity contribution >= 4 is 63.0 Å². The second-order valence-electron chi connectivity index (χ2n) is 10.7. The van der Waals surface area contributed by atoms with Gasteiger partial charge in [0.1, 0.15) is 6.07 Å². The Hall–Kier alpha value is -5.77. The van der Waals surface area contributed by atoms with Gasteiger partial charge >= 0.3 is 0 Å². The molecule has 3 nitrogen and oxygen atoms in total. The minimum absolute atomic E-state index is 0.363. The van der Waals surface area contributed by atoms with Crippen molar-refractivity contribution in [2.24, 2.45) is 0 Å². The molecule has 0 fully saturated rings. The third-order valence-corrected chi connectivity index (χ3v) is 10.5. The van der Waals surface area contributed by atoms with Gasteiger partial charge < -0.3 is 0 Å². The lowest BCUT2D eigenvalue weighted by Gasteiger charge is -2.15. The fourth-order valence-electron chi connectivity index (χ4n) is 6.11. The summed E-state index contributed by atoms with van der Waals surface area (Å²) in [6, 6.07) is 45.8. The van der Waals surface area contributed by atoms with Gasteiger partial charge in [-0.05, 0) is 77.4 Å². The molecule has 0 atom stereocenters. The molecule has 6 aromatic carbocycles. The molecule has 5 heteroatoms. The molecule has 0 unspecified atom stereocenters.